The Morgan fingerprint density at radius 2 is 1.86 bits per heavy atom. The Morgan fingerprint density at radius 1 is 1.19 bits per heavy atom. The predicted molar refractivity (Wildman–Crippen MR) is 92.1 cm³/mol. The highest BCUT2D eigenvalue weighted by atomic mass is 35.5. The number of thiophene rings is 1. The first-order valence-electron chi connectivity index (χ1n) is 6.96. The van der Waals surface area contributed by atoms with Crippen LogP contribution in [-0.2, 0) is 0 Å². The first-order chi connectivity index (χ1) is 10.0. The van der Waals surface area contributed by atoms with Gasteiger partial charge >= 0.3 is 0 Å². The molecule has 0 aliphatic rings. The predicted octanol–water partition coefficient (Wildman–Crippen LogP) is 5.54. The first kappa shape index (κ1) is 16.6. The summed E-state index contributed by atoms with van der Waals surface area (Å²) in [5.41, 5.74) is 2.16. The van der Waals surface area contributed by atoms with Gasteiger partial charge in [0.1, 0.15) is 5.75 Å². The van der Waals surface area contributed by atoms with Crippen molar-refractivity contribution in [1.29, 1.82) is 0 Å². The van der Waals surface area contributed by atoms with E-state index in [9.17, 15) is 0 Å². The Hall–Kier alpha value is -0.740. The van der Waals surface area contributed by atoms with Gasteiger partial charge in [0.05, 0.1) is 20.8 Å². The Bertz CT molecular complexity index is 580. The molecule has 1 N–H and O–H groups in total. The Labute approximate surface area is 140 Å². The number of hydrogen-bond acceptors (Lipinski definition) is 3. The first-order valence-corrected chi connectivity index (χ1v) is 8.53. The summed E-state index contributed by atoms with van der Waals surface area (Å²) >= 11 is 13.8. The molecule has 1 aromatic carbocycles. The zero-order chi connectivity index (χ0) is 15.4. The van der Waals surface area contributed by atoms with Gasteiger partial charge in [0.15, 0.2) is 0 Å². The second-order valence-corrected chi connectivity index (χ2v) is 7.29. The summed E-state index contributed by atoms with van der Waals surface area (Å²) in [4.78, 5) is 0. The van der Waals surface area contributed by atoms with Crippen molar-refractivity contribution in [3.05, 3.63) is 50.1 Å². The van der Waals surface area contributed by atoms with Crippen molar-refractivity contribution < 1.29 is 4.74 Å². The van der Waals surface area contributed by atoms with E-state index in [0.29, 0.717) is 4.34 Å². The van der Waals surface area contributed by atoms with Crippen LogP contribution in [0.1, 0.15) is 37.9 Å². The van der Waals surface area contributed by atoms with Gasteiger partial charge < -0.3 is 10.1 Å². The van der Waals surface area contributed by atoms with Crippen LogP contribution < -0.4 is 10.1 Å². The highest BCUT2D eigenvalue weighted by molar-refractivity contribution is 7.20. The standard InChI is InChI=1S/C16H19Cl2NOS/c1-4-19-15(13-9-14(17)21-16(13)18)11-5-7-12(8-6-11)20-10(2)3/h5-10,15,19H,4H2,1-3H3. The number of rotatable bonds is 6. The third kappa shape index (κ3) is 4.36. The molecule has 1 unspecified atom stereocenters. The average molecular weight is 344 g/mol. The van der Waals surface area contributed by atoms with E-state index in [1.807, 2.05) is 32.0 Å². The van der Waals surface area contributed by atoms with Gasteiger partial charge in [-0.25, -0.2) is 0 Å². The van der Waals surface area contributed by atoms with Gasteiger partial charge in [0.2, 0.25) is 0 Å². The summed E-state index contributed by atoms with van der Waals surface area (Å²) in [6.07, 6.45) is 0.172. The maximum absolute atomic E-state index is 6.29. The Kier molecular flexibility index (Phi) is 5.94. The van der Waals surface area contributed by atoms with E-state index in [1.54, 1.807) is 0 Å². The Morgan fingerprint density at radius 3 is 2.33 bits per heavy atom. The number of benzene rings is 1. The van der Waals surface area contributed by atoms with Gasteiger partial charge in [-0.15, -0.1) is 11.3 Å². The normalized spacial score (nSPS) is 12.7. The zero-order valence-corrected chi connectivity index (χ0v) is 14.6. The van der Waals surface area contributed by atoms with Crippen LogP contribution in [0.5, 0.6) is 5.75 Å². The fourth-order valence-electron chi connectivity index (χ4n) is 2.17. The molecule has 0 fully saturated rings. The minimum atomic E-state index is 0.0411. The maximum Gasteiger partial charge on any atom is 0.119 e. The minimum absolute atomic E-state index is 0.0411. The van der Waals surface area contributed by atoms with Crippen LogP contribution in [0, 0.1) is 0 Å². The highest BCUT2D eigenvalue weighted by Gasteiger charge is 2.18. The molecule has 0 bridgehead atoms. The summed E-state index contributed by atoms with van der Waals surface area (Å²) in [6, 6.07) is 10.1. The molecular weight excluding hydrogens is 325 g/mol. The van der Waals surface area contributed by atoms with Gasteiger partial charge in [0.25, 0.3) is 0 Å². The number of hydrogen-bond donors (Lipinski definition) is 1. The lowest BCUT2D eigenvalue weighted by Crippen LogP contribution is -2.21. The molecule has 2 nitrogen and oxygen atoms in total. The quantitative estimate of drug-likeness (QED) is 0.743. The lowest BCUT2D eigenvalue weighted by atomic mass is 10.0. The second kappa shape index (κ2) is 7.50. The van der Waals surface area contributed by atoms with Crippen LogP contribution >= 0.6 is 34.5 Å². The van der Waals surface area contributed by atoms with E-state index in [1.165, 1.54) is 11.3 Å². The smallest absolute Gasteiger partial charge is 0.119 e. The van der Waals surface area contributed by atoms with Crippen LogP contribution in [0.25, 0.3) is 0 Å². The fraction of sp³-hybridized carbons (Fsp3) is 0.375. The van der Waals surface area contributed by atoms with Gasteiger partial charge in [-0.1, -0.05) is 42.3 Å². The van der Waals surface area contributed by atoms with E-state index >= 15 is 0 Å². The molecule has 0 aliphatic carbocycles. The lowest BCUT2D eigenvalue weighted by molar-refractivity contribution is 0.242. The van der Waals surface area contributed by atoms with Crippen molar-refractivity contribution in [2.24, 2.45) is 0 Å². The highest BCUT2D eigenvalue weighted by Crippen LogP contribution is 2.37. The van der Waals surface area contributed by atoms with E-state index in [-0.39, 0.29) is 12.1 Å². The lowest BCUT2D eigenvalue weighted by Gasteiger charge is -2.19. The van der Waals surface area contributed by atoms with E-state index in [2.05, 4.69) is 24.4 Å². The average Bonchev–Trinajstić information content (AvgIpc) is 2.75. The molecule has 1 heterocycles. The molecule has 1 atom stereocenters. The number of ether oxygens (including phenoxy) is 1. The van der Waals surface area contributed by atoms with Gasteiger partial charge in [-0.2, -0.15) is 0 Å². The summed E-state index contributed by atoms with van der Waals surface area (Å²) in [7, 11) is 0. The van der Waals surface area contributed by atoms with Gasteiger partial charge in [-0.3, -0.25) is 0 Å². The summed E-state index contributed by atoms with van der Waals surface area (Å²) in [6.45, 7) is 6.95. The molecule has 0 amide bonds. The van der Waals surface area contributed by atoms with E-state index in [0.717, 1.165) is 27.8 Å². The molecule has 0 saturated carbocycles. The maximum atomic E-state index is 6.29. The molecule has 21 heavy (non-hydrogen) atoms. The fourth-order valence-corrected chi connectivity index (χ4v) is 3.70. The zero-order valence-electron chi connectivity index (χ0n) is 12.3. The van der Waals surface area contributed by atoms with E-state index < -0.39 is 0 Å². The van der Waals surface area contributed by atoms with Gasteiger partial charge in [-0.05, 0) is 44.2 Å². The number of nitrogens with one attached hydrogen (secondary N) is 1. The van der Waals surface area contributed by atoms with Crippen LogP contribution in [0.15, 0.2) is 30.3 Å². The van der Waals surface area contributed by atoms with Crippen molar-refractivity contribution in [3.8, 4) is 5.75 Å². The largest absolute Gasteiger partial charge is 0.491 e. The summed E-state index contributed by atoms with van der Waals surface area (Å²) < 4.78 is 7.11. The second-order valence-electron chi connectivity index (χ2n) is 5.01. The molecule has 0 aliphatic heterocycles. The molecule has 2 rings (SSSR count). The molecule has 2 aromatic rings. The molecule has 114 valence electrons. The van der Waals surface area contributed by atoms with E-state index in [4.69, 9.17) is 27.9 Å². The summed E-state index contributed by atoms with van der Waals surface area (Å²) in [5.74, 6) is 0.874. The molecule has 0 radical (unpaired) electrons. The summed E-state index contributed by atoms with van der Waals surface area (Å²) in [5, 5.41) is 3.45. The van der Waals surface area contributed by atoms with Crippen LogP contribution in [0.3, 0.4) is 0 Å². The third-order valence-electron chi connectivity index (χ3n) is 2.99. The monoisotopic (exact) mass is 343 g/mol. The SMILES string of the molecule is CCNC(c1ccc(OC(C)C)cc1)c1cc(Cl)sc1Cl. The molecule has 5 heteroatoms. The molecule has 0 saturated heterocycles. The van der Waals surface area contributed by atoms with Crippen molar-refractivity contribution in [3.63, 3.8) is 0 Å². The minimum Gasteiger partial charge on any atom is -0.491 e. The molecule has 1 aromatic heterocycles. The van der Waals surface area contributed by atoms with Crippen molar-refractivity contribution in [2.75, 3.05) is 6.54 Å². The number of halogens is 2. The van der Waals surface area contributed by atoms with Crippen LogP contribution in [0.4, 0.5) is 0 Å². The van der Waals surface area contributed by atoms with Crippen LogP contribution in [-0.4, -0.2) is 12.6 Å². The molecule has 0 spiro atoms. The van der Waals surface area contributed by atoms with Crippen molar-refractivity contribution in [2.45, 2.75) is 32.9 Å². The van der Waals surface area contributed by atoms with Crippen LogP contribution in [0.2, 0.25) is 8.67 Å². The van der Waals surface area contributed by atoms with Crippen molar-refractivity contribution >= 4 is 34.5 Å². The topological polar surface area (TPSA) is 21.3 Å². The van der Waals surface area contributed by atoms with Crippen molar-refractivity contribution in [1.82, 2.24) is 5.32 Å². The molecular formula is C16H19Cl2NOS. The third-order valence-corrected chi connectivity index (χ3v) is 4.51. The Balaban J connectivity index is 2.28. The van der Waals surface area contributed by atoms with Gasteiger partial charge in [0, 0.05) is 5.56 Å².